The van der Waals surface area contributed by atoms with Crippen LogP contribution >= 0.6 is 0 Å². The zero-order chi connectivity index (χ0) is 24.9. The fraction of sp³-hybridized carbons (Fsp3) is 0.538. The summed E-state index contributed by atoms with van der Waals surface area (Å²) in [6.45, 7) is 7.76. The summed E-state index contributed by atoms with van der Waals surface area (Å²) >= 11 is 0. The zero-order valence-corrected chi connectivity index (χ0v) is 20.9. The van der Waals surface area contributed by atoms with Crippen LogP contribution in [0, 0.1) is 5.41 Å². The van der Waals surface area contributed by atoms with Crippen molar-refractivity contribution in [3.05, 3.63) is 45.7 Å². The molecule has 0 N–H and O–H groups in total. The van der Waals surface area contributed by atoms with Gasteiger partial charge in [-0.1, -0.05) is 13.8 Å². The molecule has 1 aromatic heterocycles. The molecular weight excluding hydrogens is 438 g/mol. The van der Waals surface area contributed by atoms with E-state index >= 15 is 0 Å². The van der Waals surface area contributed by atoms with Gasteiger partial charge in [0.25, 0.3) is 0 Å². The fourth-order valence-electron chi connectivity index (χ4n) is 4.48. The van der Waals surface area contributed by atoms with Gasteiger partial charge in [-0.25, -0.2) is 4.79 Å². The Bertz CT molecular complexity index is 1070. The summed E-state index contributed by atoms with van der Waals surface area (Å²) in [6, 6.07) is 5.33. The van der Waals surface area contributed by atoms with Gasteiger partial charge in [-0.2, -0.15) is 0 Å². The summed E-state index contributed by atoms with van der Waals surface area (Å²) in [7, 11) is 4.92. The first-order chi connectivity index (χ1) is 16.3. The highest BCUT2D eigenvalue weighted by Crippen LogP contribution is 2.46. The molecule has 1 atom stereocenters. The molecule has 186 valence electrons. The van der Waals surface area contributed by atoms with Crippen molar-refractivity contribution in [1.29, 1.82) is 0 Å². The number of methoxy groups -OCH3 is 3. The van der Waals surface area contributed by atoms with Gasteiger partial charge >= 0.3 is 5.97 Å². The van der Waals surface area contributed by atoms with Crippen molar-refractivity contribution in [2.24, 2.45) is 5.41 Å². The minimum absolute atomic E-state index is 0.0253. The lowest BCUT2D eigenvalue weighted by atomic mass is 9.77. The first kappa shape index (κ1) is 25.8. The summed E-state index contributed by atoms with van der Waals surface area (Å²) in [6.07, 6.45) is 3.06. The van der Waals surface area contributed by atoms with Crippen molar-refractivity contribution in [3.63, 3.8) is 0 Å². The molecule has 0 bridgehead atoms. The predicted octanol–water partition coefficient (Wildman–Crippen LogP) is 3.89. The van der Waals surface area contributed by atoms with Crippen LogP contribution in [-0.2, 0) is 20.6 Å². The van der Waals surface area contributed by atoms with E-state index in [-0.39, 0.29) is 29.1 Å². The van der Waals surface area contributed by atoms with Gasteiger partial charge in [0.15, 0.2) is 16.9 Å². The highest BCUT2D eigenvalue weighted by atomic mass is 16.5. The average molecular weight is 474 g/mol. The molecule has 34 heavy (non-hydrogen) atoms. The molecule has 0 radical (unpaired) electrons. The van der Waals surface area contributed by atoms with Crippen molar-refractivity contribution < 1.29 is 28.5 Å². The molecule has 0 fully saturated rings. The number of hydrogen-bond acceptors (Lipinski definition) is 7. The summed E-state index contributed by atoms with van der Waals surface area (Å²) in [5, 5.41) is 0. The monoisotopic (exact) mass is 473 g/mol. The second kappa shape index (κ2) is 11.1. The molecule has 3 rings (SSSR count). The molecule has 1 aromatic carbocycles. The lowest BCUT2D eigenvalue weighted by molar-refractivity contribution is 0.0516. The Labute approximate surface area is 200 Å². The van der Waals surface area contributed by atoms with E-state index < -0.39 is 5.97 Å². The van der Waals surface area contributed by atoms with Crippen molar-refractivity contribution in [3.8, 4) is 22.8 Å². The minimum atomic E-state index is -0.616. The number of benzene rings is 1. The van der Waals surface area contributed by atoms with Gasteiger partial charge in [0.1, 0.15) is 5.56 Å². The molecule has 0 amide bonds. The smallest absolute Gasteiger partial charge is 0.343 e. The van der Waals surface area contributed by atoms with Crippen molar-refractivity contribution >= 4 is 5.97 Å². The fourth-order valence-corrected chi connectivity index (χ4v) is 4.48. The van der Waals surface area contributed by atoms with Gasteiger partial charge in [-0.05, 0) is 31.0 Å². The number of carbonyl (C=O) groups excluding carboxylic acids is 1. The van der Waals surface area contributed by atoms with Crippen molar-refractivity contribution in [2.45, 2.75) is 39.7 Å². The Morgan fingerprint density at radius 1 is 1.09 bits per heavy atom. The molecule has 1 aliphatic heterocycles. The van der Waals surface area contributed by atoms with Crippen LogP contribution in [0.4, 0.5) is 0 Å². The van der Waals surface area contributed by atoms with E-state index in [2.05, 4.69) is 13.8 Å². The SMILES string of the molecule is CCOC(=O)c1cn2c(cc1=O)-c1cc(OC)c(OCCCOC)cc1CC2C(C)(C)COC. The molecule has 1 unspecified atom stereocenters. The minimum Gasteiger partial charge on any atom is -0.493 e. The third-order valence-corrected chi connectivity index (χ3v) is 6.16. The van der Waals surface area contributed by atoms with E-state index in [1.807, 2.05) is 16.7 Å². The number of pyridine rings is 1. The Morgan fingerprint density at radius 3 is 2.50 bits per heavy atom. The molecule has 0 spiro atoms. The third-order valence-electron chi connectivity index (χ3n) is 6.16. The quantitative estimate of drug-likeness (QED) is 0.362. The molecule has 0 saturated heterocycles. The largest absolute Gasteiger partial charge is 0.493 e. The van der Waals surface area contributed by atoms with E-state index in [1.54, 1.807) is 34.4 Å². The lowest BCUT2D eigenvalue weighted by Gasteiger charge is -2.40. The second-order valence-electron chi connectivity index (χ2n) is 9.06. The van der Waals surface area contributed by atoms with Gasteiger partial charge < -0.3 is 28.3 Å². The number of aromatic nitrogens is 1. The summed E-state index contributed by atoms with van der Waals surface area (Å²) in [5.74, 6) is 0.619. The summed E-state index contributed by atoms with van der Waals surface area (Å²) in [5.41, 5.74) is 1.99. The van der Waals surface area contributed by atoms with Crippen molar-refractivity contribution in [2.75, 3.05) is 47.8 Å². The van der Waals surface area contributed by atoms with Crippen molar-refractivity contribution in [1.82, 2.24) is 4.57 Å². The summed E-state index contributed by atoms with van der Waals surface area (Å²) < 4.78 is 29.3. The van der Waals surface area contributed by atoms with E-state index in [0.717, 1.165) is 23.2 Å². The van der Waals surface area contributed by atoms with E-state index in [9.17, 15) is 9.59 Å². The maximum atomic E-state index is 12.9. The number of esters is 1. The van der Waals surface area contributed by atoms with Gasteiger partial charge in [0, 0.05) is 56.5 Å². The van der Waals surface area contributed by atoms with Gasteiger partial charge in [-0.15, -0.1) is 0 Å². The molecule has 0 saturated carbocycles. The van der Waals surface area contributed by atoms with Crippen LogP contribution in [0.3, 0.4) is 0 Å². The topological polar surface area (TPSA) is 85.2 Å². The maximum Gasteiger partial charge on any atom is 0.343 e. The zero-order valence-electron chi connectivity index (χ0n) is 20.9. The Balaban J connectivity index is 2.15. The lowest BCUT2D eigenvalue weighted by Crippen LogP contribution is -2.37. The van der Waals surface area contributed by atoms with Crippen LogP contribution in [0.2, 0.25) is 0 Å². The number of rotatable bonds is 11. The Kier molecular flexibility index (Phi) is 8.38. The van der Waals surface area contributed by atoms with Crippen LogP contribution < -0.4 is 14.9 Å². The Morgan fingerprint density at radius 2 is 1.85 bits per heavy atom. The first-order valence-electron chi connectivity index (χ1n) is 11.5. The standard InChI is InChI=1S/C26H35NO7/c1-7-33-25(29)19-15-27-20(14-21(19)28)18-13-22(32-6)23(34-10-8-9-30-4)11-17(18)12-24(27)26(2,3)16-31-5/h11,13-15,24H,7-10,12,16H2,1-6H3. The van der Waals surface area contributed by atoms with Crippen LogP contribution in [0.25, 0.3) is 11.3 Å². The van der Waals surface area contributed by atoms with Crippen LogP contribution in [0.1, 0.15) is 49.2 Å². The van der Waals surface area contributed by atoms with Crippen LogP contribution in [0.5, 0.6) is 11.5 Å². The van der Waals surface area contributed by atoms with Crippen LogP contribution in [0.15, 0.2) is 29.2 Å². The molecule has 8 nitrogen and oxygen atoms in total. The van der Waals surface area contributed by atoms with E-state index in [4.69, 9.17) is 23.7 Å². The molecule has 1 aliphatic rings. The average Bonchev–Trinajstić information content (AvgIpc) is 2.80. The molecular formula is C26H35NO7. The van der Waals surface area contributed by atoms with E-state index in [1.165, 1.54) is 6.07 Å². The van der Waals surface area contributed by atoms with Gasteiger partial charge in [0.05, 0.1) is 32.6 Å². The molecule has 2 aromatic rings. The number of fused-ring (bicyclic) bond motifs is 3. The summed E-state index contributed by atoms with van der Waals surface area (Å²) in [4.78, 5) is 25.4. The molecule has 8 heteroatoms. The Hall–Kier alpha value is -2.84. The molecule has 0 aliphatic carbocycles. The number of nitrogens with zero attached hydrogens (tertiary/aromatic N) is 1. The van der Waals surface area contributed by atoms with E-state index in [0.29, 0.717) is 37.7 Å². The predicted molar refractivity (Wildman–Crippen MR) is 129 cm³/mol. The number of hydrogen-bond donors (Lipinski definition) is 0. The number of carbonyl (C=O) groups is 1. The highest BCUT2D eigenvalue weighted by molar-refractivity contribution is 5.89. The second-order valence-corrected chi connectivity index (χ2v) is 9.06. The normalized spacial score (nSPS) is 14.8. The van der Waals surface area contributed by atoms with Crippen LogP contribution in [-0.4, -0.2) is 58.3 Å². The molecule has 2 heterocycles. The maximum absolute atomic E-state index is 12.9. The number of ether oxygens (including phenoxy) is 5. The first-order valence-corrected chi connectivity index (χ1v) is 11.5. The van der Waals surface area contributed by atoms with Gasteiger partial charge in [-0.3, -0.25) is 4.79 Å². The highest BCUT2D eigenvalue weighted by Gasteiger charge is 2.37. The van der Waals surface area contributed by atoms with Gasteiger partial charge in [0.2, 0.25) is 0 Å². The third kappa shape index (κ3) is 5.28.